The van der Waals surface area contributed by atoms with Gasteiger partial charge in [-0.1, -0.05) is 11.2 Å². The second kappa shape index (κ2) is 11.2. The van der Waals surface area contributed by atoms with Gasteiger partial charge in [-0.25, -0.2) is 23.7 Å². The lowest BCUT2D eigenvalue weighted by atomic mass is 9.89. The van der Waals surface area contributed by atoms with Crippen LogP contribution in [0.3, 0.4) is 0 Å². The number of halogens is 5. The molecule has 3 aromatic rings. The van der Waals surface area contributed by atoms with E-state index in [1.165, 1.54) is 6.07 Å². The Hall–Kier alpha value is -4.03. The van der Waals surface area contributed by atoms with Crippen molar-refractivity contribution in [1.82, 2.24) is 24.8 Å². The van der Waals surface area contributed by atoms with Crippen molar-refractivity contribution in [1.29, 1.82) is 0 Å². The third-order valence-corrected chi connectivity index (χ3v) is 6.11. The average Bonchev–Trinajstić information content (AvgIpc) is 2.89. The van der Waals surface area contributed by atoms with Crippen LogP contribution in [0.1, 0.15) is 54.2 Å². The fraction of sp³-hybridized carbons (Fsp3) is 0.360. The van der Waals surface area contributed by atoms with Gasteiger partial charge in [0.25, 0.3) is 5.88 Å². The van der Waals surface area contributed by atoms with Crippen LogP contribution in [0.15, 0.2) is 41.8 Å². The highest BCUT2D eigenvalue weighted by Crippen LogP contribution is 2.30. The third kappa shape index (κ3) is 6.26. The molecule has 0 saturated carbocycles. The SMILES string of the molecule is C/C(=N/Oc1ccnc(C(F)(F)F)n1)c1cnc(C)nc1C1CCN(C(=O)Cc2c(F)cccc2F)CC1. The molecule has 0 bridgehead atoms. The van der Waals surface area contributed by atoms with Crippen molar-refractivity contribution in [2.45, 2.75) is 45.2 Å². The average molecular weight is 534 g/mol. The molecule has 1 saturated heterocycles. The van der Waals surface area contributed by atoms with Crippen molar-refractivity contribution in [3.63, 3.8) is 0 Å². The highest BCUT2D eigenvalue weighted by atomic mass is 19.4. The van der Waals surface area contributed by atoms with Crippen LogP contribution < -0.4 is 4.84 Å². The minimum absolute atomic E-state index is 0.0815. The van der Waals surface area contributed by atoms with Gasteiger partial charge in [-0.15, -0.1) is 0 Å². The van der Waals surface area contributed by atoms with Crippen LogP contribution in [0.4, 0.5) is 22.0 Å². The molecule has 0 radical (unpaired) electrons. The van der Waals surface area contributed by atoms with Gasteiger partial charge in [0.05, 0.1) is 17.8 Å². The van der Waals surface area contributed by atoms with Crippen molar-refractivity contribution in [2.24, 2.45) is 5.16 Å². The van der Waals surface area contributed by atoms with Gasteiger partial charge in [-0.2, -0.15) is 18.2 Å². The summed E-state index contributed by atoms with van der Waals surface area (Å²) in [7, 11) is 0. The number of likely N-dealkylation sites (tertiary alicyclic amines) is 1. The summed E-state index contributed by atoms with van der Waals surface area (Å²) >= 11 is 0. The number of hydrogen-bond donors (Lipinski definition) is 0. The zero-order valence-corrected chi connectivity index (χ0v) is 20.5. The first kappa shape index (κ1) is 27.0. The van der Waals surface area contributed by atoms with Crippen LogP contribution in [-0.4, -0.2) is 49.5 Å². The zero-order chi connectivity index (χ0) is 27.4. The second-order valence-corrected chi connectivity index (χ2v) is 8.73. The fourth-order valence-corrected chi connectivity index (χ4v) is 4.14. The van der Waals surface area contributed by atoms with Gasteiger partial charge in [0.2, 0.25) is 11.7 Å². The van der Waals surface area contributed by atoms with E-state index in [-0.39, 0.29) is 29.7 Å². The van der Waals surface area contributed by atoms with E-state index in [0.717, 1.165) is 24.4 Å². The summed E-state index contributed by atoms with van der Waals surface area (Å²) in [5.74, 6) is -3.19. The molecule has 3 heterocycles. The Labute approximate surface area is 214 Å². The topological polar surface area (TPSA) is 93.5 Å². The Bertz CT molecular complexity index is 1340. The van der Waals surface area contributed by atoms with Crippen molar-refractivity contribution in [3.05, 3.63) is 76.8 Å². The van der Waals surface area contributed by atoms with Crippen LogP contribution in [0.25, 0.3) is 0 Å². The number of alkyl halides is 3. The molecular weight excluding hydrogens is 511 g/mol. The summed E-state index contributed by atoms with van der Waals surface area (Å²) in [4.78, 5) is 34.6. The molecule has 1 aliphatic heterocycles. The zero-order valence-electron chi connectivity index (χ0n) is 20.5. The highest BCUT2D eigenvalue weighted by Gasteiger charge is 2.35. The Balaban J connectivity index is 1.46. The summed E-state index contributed by atoms with van der Waals surface area (Å²) in [6.07, 6.45) is -1.56. The number of hydrogen-bond acceptors (Lipinski definition) is 7. The van der Waals surface area contributed by atoms with Crippen LogP contribution in [0.5, 0.6) is 5.88 Å². The number of amides is 1. The molecule has 8 nitrogen and oxygen atoms in total. The van der Waals surface area contributed by atoms with Gasteiger partial charge in [0.1, 0.15) is 17.5 Å². The van der Waals surface area contributed by atoms with E-state index in [0.29, 0.717) is 48.7 Å². The van der Waals surface area contributed by atoms with Crippen molar-refractivity contribution >= 4 is 11.6 Å². The quantitative estimate of drug-likeness (QED) is 0.260. The molecule has 0 atom stereocenters. The minimum Gasteiger partial charge on any atom is -0.342 e. The standard InChI is InChI=1S/C25H23F5N6O2/c1-14(35-38-21-6-9-31-24(34-21)25(28,29)30)18-13-32-15(2)33-23(18)16-7-10-36(11-8-16)22(37)12-17-19(26)4-3-5-20(17)27/h3-6,9,13,16H,7-8,10-12H2,1-2H3/b35-14-. The van der Waals surface area contributed by atoms with Gasteiger partial charge in [0.15, 0.2) is 0 Å². The maximum atomic E-state index is 14.0. The number of piperidine rings is 1. The predicted octanol–water partition coefficient (Wildman–Crippen LogP) is 4.62. The van der Waals surface area contributed by atoms with E-state index >= 15 is 0 Å². The molecule has 0 aliphatic carbocycles. The molecule has 1 aromatic carbocycles. The lowest BCUT2D eigenvalue weighted by molar-refractivity contribution is -0.145. The number of carbonyl (C=O) groups excluding carboxylic acids is 1. The summed E-state index contributed by atoms with van der Waals surface area (Å²) in [6, 6.07) is 4.63. The van der Waals surface area contributed by atoms with Gasteiger partial charge < -0.3 is 9.74 Å². The molecule has 13 heteroatoms. The Morgan fingerprint density at radius 1 is 1.11 bits per heavy atom. The number of aryl methyl sites for hydroxylation is 1. The Morgan fingerprint density at radius 2 is 1.79 bits per heavy atom. The molecule has 38 heavy (non-hydrogen) atoms. The Kier molecular flexibility index (Phi) is 7.93. The van der Waals surface area contributed by atoms with Crippen LogP contribution in [0, 0.1) is 18.6 Å². The van der Waals surface area contributed by atoms with E-state index < -0.39 is 23.6 Å². The van der Waals surface area contributed by atoms with Crippen molar-refractivity contribution in [3.8, 4) is 5.88 Å². The molecule has 2 aromatic heterocycles. The largest absolute Gasteiger partial charge is 0.451 e. The summed E-state index contributed by atoms with van der Waals surface area (Å²) in [5.41, 5.74) is 1.26. The summed E-state index contributed by atoms with van der Waals surface area (Å²) in [6.45, 7) is 4.04. The van der Waals surface area contributed by atoms with Gasteiger partial charge in [0, 0.05) is 48.6 Å². The van der Waals surface area contributed by atoms with E-state index in [4.69, 9.17) is 4.84 Å². The monoisotopic (exact) mass is 534 g/mol. The number of carbonyl (C=O) groups is 1. The Morgan fingerprint density at radius 3 is 2.45 bits per heavy atom. The number of aromatic nitrogens is 4. The van der Waals surface area contributed by atoms with Gasteiger partial charge >= 0.3 is 6.18 Å². The molecule has 1 fully saturated rings. The first-order valence-electron chi connectivity index (χ1n) is 11.7. The number of benzene rings is 1. The first-order chi connectivity index (χ1) is 18.0. The van der Waals surface area contributed by atoms with E-state index in [1.807, 2.05) is 0 Å². The highest BCUT2D eigenvalue weighted by molar-refractivity contribution is 5.99. The van der Waals surface area contributed by atoms with E-state index in [2.05, 4.69) is 25.1 Å². The molecule has 4 rings (SSSR count). The maximum Gasteiger partial charge on any atom is 0.451 e. The van der Waals surface area contributed by atoms with E-state index in [1.54, 1.807) is 24.9 Å². The summed E-state index contributed by atoms with van der Waals surface area (Å²) in [5, 5.41) is 3.92. The smallest absolute Gasteiger partial charge is 0.342 e. The predicted molar refractivity (Wildman–Crippen MR) is 125 cm³/mol. The third-order valence-electron chi connectivity index (χ3n) is 6.11. The lowest BCUT2D eigenvalue weighted by Gasteiger charge is -2.32. The normalized spacial score (nSPS) is 15.0. The minimum atomic E-state index is -4.73. The molecule has 200 valence electrons. The van der Waals surface area contributed by atoms with Gasteiger partial charge in [-0.3, -0.25) is 4.79 Å². The lowest BCUT2D eigenvalue weighted by Crippen LogP contribution is -2.39. The fourth-order valence-electron chi connectivity index (χ4n) is 4.14. The second-order valence-electron chi connectivity index (χ2n) is 8.73. The number of nitrogens with zero attached hydrogens (tertiary/aromatic N) is 6. The van der Waals surface area contributed by atoms with E-state index in [9.17, 15) is 26.7 Å². The summed E-state index contributed by atoms with van der Waals surface area (Å²) < 4.78 is 66.5. The van der Waals surface area contributed by atoms with Crippen molar-refractivity contribution < 1.29 is 31.6 Å². The first-order valence-corrected chi connectivity index (χ1v) is 11.7. The van der Waals surface area contributed by atoms with Gasteiger partial charge in [-0.05, 0) is 38.8 Å². The molecule has 1 amide bonds. The van der Waals surface area contributed by atoms with Crippen LogP contribution in [-0.2, 0) is 17.4 Å². The molecule has 0 unspecified atom stereocenters. The van der Waals surface area contributed by atoms with Crippen LogP contribution >= 0.6 is 0 Å². The molecule has 1 aliphatic rings. The maximum absolute atomic E-state index is 14.0. The number of oxime groups is 1. The van der Waals surface area contributed by atoms with Crippen molar-refractivity contribution in [2.75, 3.05) is 13.1 Å². The molecular formula is C25H23F5N6O2. The van der Waals surface area contributed by atoms with Crippen LogP contribution in [0.2, 0.25) is 0 Å². The number of rotatable bonds is 6. The molecule has 0 N–H and O–H groups in total. The molecule has 0 spiro atoms.